The van der Waals surface area contributed by atoms with Crippen molar-refractivity contribution in [3.05, 3.63) is 69.9 Å². The summed E-state index contributed by atoms with van der Waals surface area (Å²) in [5.74, 6) is -0.491. The predicted octanol–water partition coefficient (Wildman–Crippen LogP) is 4.72. The van der Waals surface area contributed by atoms with Crippen LogP contribution in [0.15, 0.2) is 48.2 Å². The number of hydrogen-bond donors (Lipinski definition) is 2. The smallest absolute Gasteiger partial charge is 0.267 e. The molecule has 0 spiro atoms. The van der Waals surface area contributed by atoms with Gasteiger partial charge in [-0.1, -0.05) is 29.8 Å². The van der Waals surface area contributed by atoms with Crippen molar-refractivity contribution in [3.63, 3.8) is 0 Å². The van der Waals surface area contributed by atoms with Crippen molar-refractivity contribution >= 4 is 28.9 Å². The molecule has 0 unspecified atom stereocenters. The molecule has 0 aromatic heterocycles. The molecule has 0 heterocycles. The van der Waals surface area contributed by atoms with Gasteiger partial charge in [0.1, 0.15) is 11.6 Å². The Morgan fingerprint density at radius 1 is 1.12 bits per heavy atom. The van der Waals surface area contributed by atoms with Crippen molar-refractivity contribution in [2.45, 2.75) is 20.8 Å². The molecule has 2 N–H and O–H groups in total. The summed E-state index contributed by atoms with van der Waals surface area (Å²) in [6.07, 6.45) is 1.41. The highest BCUT2D eigenvalue weighted by molar-refractivity contribution is 6.31. The molecule has 4 nitrogen and oxygen atoms in total. The molecular weight excluding hydrogens is 322 g/mol. The predicted molar refractivity (Wildman–Crippen MR) is 98.1 cm³/mol. The van der Waals surface area contributed by atoms with Crippen LogP contribution in [0, 0.1) is 32.1 Å². The average Bonchev–Trinajstić information content (AvgIpc) is 2.54. The molecule has 1 amide bonds. The number of benzene rings is 2. The first-order valence-corrected chi connectivity index (χ1v) is 7.80. The molecular formula is C19H18ClN3O. The Labute approximate surface area is 146 Å². The fraction of sp³-hybridized carbons (Fsp3) is 0.158. The summed E-state index contributed by atoms with van der Waals surface area (Å²) >= 11 is 6.04. The number of nitrogens with one attached hydrogen (secondary N) is 2. The third kappa shape index (κ3) is 4.37. The maximum atomic E-state index is 12.2. The Hall–Kier alpha value is -2.77. The topological polar surface area (TPSA) is 64.9 Å². The highest BCUT2D eigenvalue weighted by Gasteiger charge is 2.10. The fourth-order valence-electron chi connectivity index (χ4n) is 2.06. The van der Waals surface area contributed by atoms with Crippen molar-refractivity contribution in [1.82, 2.24) is 0 Å². The average molecular weight is 340 g/mol. The lowest BCUT2D eigenvalue weighted by Gasteiger charge is -2.08. The summed E-state index contributed by atoms with van der Waals surface area (Å²) < 4.78 is 0. The molecule has 0 radical (unpaired) electrons. The van der Waals surface area contributed by atoms with Crippen molar-refractivity contribution in [1.29, 1.82) is 5.26 Å². The van der Waals surface area contributed by atoms with Crippen LogP contribution in [-0.2, 0) is 4.79 Å². The van der Waals surface area contributed by atoms with Crippen molar-refractivity contribution < 1.29 is 4.79 Å². The number of nitrogens with zero attached hydrogens (tertiary/aromatic N) is 1. The van der Waals surface area contributed by atoms with Crippen LogP contribution in [0.1, 0.15) is 16.7 Å². The lowest BCUT2D eigenvalue weighted by molar-refractivity contribution is -0.112. The Morgan fingerprint density at radius 3 is 2.50 bits per heavy atom. The van der Waals surface area contributed by atoms with E-state index in [1.807, 2.05) is 51.1 Å². The van der Waals surface area contributed by atoms with Crippen LogP contribution in [0.5, 0.6) is 0 Å². The SMILES string of the molecule is Cc1ccc(C)c(N/C=C(/C#N)C(=O)Nc2ccc(C)c(Cl)c2)c1. The Bertz CT molecular complexity index is 850. The number of carbonyl (C=O) groups is 1. The van der Waals surface area contributed by atoms with Crippen LogP contribution in [0.25, 0.3) is 0 Å². The van der Waals surface area contributed by atoms with Gasteiger partial charge in [-0.15, -0.1) is 0 Å². The summed E-state index contributed by atoms with van der Waals surface area (Å²) in [4.78, 5) is 12.2. The zero-order valence-corrected chi connectivity index (χ0v) is 14.5. The van der Waals surface area contributed by atoms with E-state index in [0.717, 1.165) is 22.4 Å². The van der Waals surface area contributed by atoms with E-state index in [4.69, 9.17) is 11.6 Å². The number of carbonyl (C=O) groups excluding carboxylic acids is 1. The maximum Gasteiger partial charge on any atom is 0.267 e. The second-order valence-electron chi connectivity index (χ2n) is 5.55. The molecule has 0 saturated heterocycles. The molecule has 0 aliphatic carbocycles. The maximum absolute atomic E-state index is 12.2. The third-order valence-electron chi connectivity index (χ3n) is 3.56. The number of anilines is 2. The summed E-state index contributed by atoms with van der Waals surface area (Å²) in [5.41, 5.74) is 4.42. The molecule has 5 heteroatoms. The van der Waals surface area contributed by atoms with Gasteiger partial charge in [0.05, 0.1) is 0 Å². The second-order valence-corrected chi connectivity index (χ2v) is 5.96. The highest BCUT2D eigenvalue weighted by Crippen LogP contribution is 2.20. The summed E-state index contributed by atoms with van der Waals surface area (Å²) in [5, 5.41) is 15.5. The molecule has 122 valence electrons. The van der Waals surface area contributed by atoms with Crippen LogP contribution >= 0.6 is 11.6 Å². The quantitative estimate of drug-likeness (QED) is 0.625. The van der Waals surface area contributed by atoms with Gasteiger partial charge < -0.3 is 10.6 Å². The molecule has 24 heavy (non-hydrogen) atoms. The number of rotatable bonds is 4. The monoisotopic (exact) mass is 339 g/mol. The van der Waals surface area contributed by atoms with Crippen LogP contribution < -0.4 is 10.6 Å². The van der Waals surface area contributed by atoms with E-state index in [-0.39, 0.29) is 5.57 Å². The van der Waals surface area contributed by atoms with E-state index in [0.29, 0.717) is 10.7 Å². The number of hydrogen-bond acceptors (Lipinski definition) is 3. The van der Waals surface area contributed by atoms with Gasteiger partial charge in [0.15, 0.2) is 0 Å². The minimum Gasteiger partial charge on any atom is -0.360 e. The molecule has 0 saturated carbocycles. The number of aryl methyl sites for hydroxylation is 3. The zero-order valence-electron chi connectivity index (χ0n) is 13.8. The number of amides is 1. The molecule has 2 rings (SSSR count). The minimum atomic E-state index is -0.491. The normalized spacial score (nSPS) is 10.9. The number of halogens is 1. The first-order valence-electron chi connectivity index (χ1n) is 7.42. The Morgan fingerprint density at radius 2 is 1.83 bits per heavy atom. The highest BCUT2D eigenvalue weighted by atomic mass is 35.5. The van der Waals surface area contributed by atoms with E-state index in [1.165, 1.54) is 6.20 Å². The molecule has 2 aromatic rings. The van der Waals surface area contributed by atoms with E-state index in [1.54, 1.807) is 12.1 Å². The van der Waals surface area contributed by atoms with E-state index in [9.17, 15) is 10.1 Å². The molecule has 0 bridgehead atoms. The minimum absolute atomic E-state index is 0.0207. The first kappa shape index (κ1) is 17.6. The molecule has 2 aromatic carbocycles. The second kappa shape index (κ2) is 7.67. The van der Waals surface area contributed by atoms with Gasteiger partial charge in [0.25, 0.3) is 5.91 Å². The van der Waals surface area contributed by atoms with Crippen molar-refractivity contribution in [2.24, 2.45) is 0 Å². The molecule has 0 aliphatic rings. The lowest BCUT2D eigenvalue weighted by atomic mass is 10.1. The summed E-state index contributed by atoms with van der Waals surface area (Å²) in [7, 11) is 0. The van der Waals surface area contributed by atoms with Crippen LogP contribution in [0.2, 0.25) is 5.02 Å². The Balaban J connectivity index is 2.15. The third-order valence-corrected chi connectivity index (χ3v) is 3.97. The van der Waals surface area contributed by atoms with Gasteiger partial charge in [-0.05, 0) is 55.7 Å². The van der Waals surface area contributed by atoms with E-state index in [2.05, 4.69) is 10.6 Å². The van der Waals surface area contributed by atoms with Crippen LogP contribution in [0.3, 0.4) is 0 Å². The van der Waals surface area contributed by atoms with E-state index < -0.39 is 5.91 Å². The largest absolute Gasteiger partial charge is 0.360 e. The van der Waals surface area contributed by atoms with E-state index >= 15 is 0 Å². The number of nitriles is 1. The van der Waals surface area contributed by atoms with Gasteiger partial charge in [-0.25, -0.2) is 0 Å². The Kier molecular flexibility index (Phi) is 5.62. The van der Waals surface area contributed by atoms with Crippen LogP contribution in [-0.4, -0.2) is 5.91 Å². The summed E-state index contributed by atoms with van der Waals surface area (Å²) in [6, 6.07) is 13.0. The van der Waals surface area contributed by atoms with Gasteiger partial charge in [-0.2, -0.15) is 5.26 Å². The fourth-order valence-corrected chi connectivity index (χ4v) is 2.24. The molecule has 0 atom stereocenters. The lowest BCUT2D eigenvalue weighted by Crippen LogP contribution is -2.14. The summed E-state index contributed by atoms with van der Waals surface area (Å²) in [6.45, 7) is 5.81. The van der Waals surface area contributed by atoms with Gasteiger partial charge in [0, 0.05) is 22.6 Å². The first-order chi connectivity index (χ1) is 11.4. The van der Waals surface area contributed by atoms with Crippen molar-refractivity contribution in [2.75, 3.05) is 10.6 Å². The molecule has 0 aliphatic heterocycles. The van der Waals surface area contributed by atoms with Crippen LogP contribution in [0.4, 0.5) is 11.4 Å². The van der Waals surface area contributed by atoms with Gasteiger partial charge in [0.2, 0.25) is 0 Å². The zero-order chi connectivity index (χ0) is 17.7. The molecule has 0 fully saturated rings. The van der Waals surface area contributed by atoms with Gasteiger partial charge >= 0.3 is 0 Å². The van der Waals surface area contributed by atoms with Gasteiger partial charge in [-0.3, -0.25) is 4.79 Å². The van der Waals surface area contributed by atoms with Crippen molar-refractivity contribution in [3.8, 4) is 6.07 Å². The standard InChI is InChI=1S/C19H18ClN3O/c1-12-4-5-14(3)18(8-12)22-11-15(10-21)19(24)23-16-7-6-13(2)17(20)9-16/h4-9,11,22H,1-3H3,(H,23,24)/b15-11-.